The Labute approximate surface area is 195 Å². The third kappa shape index (κ3) is 7.78. The van der Waals surface area contributed by atoms with Crippen LogP contribution < -0.4 is 15.4 Å². The number of para-hydroxylation sites is 1. The number of carbonyl (C=O) groups excluding carboxylic acids is 3. The van der Waals surface area contributed by atoms with Crippen LogP contribution in [0.3, 0.4) is 0 Å². The van der Waals surface area contributed by atoms with Crippen molar-refractivity contribution >= 4 is 35.1 Å². The summed E-state index contributed by atoms with van der Waals surface area (Å²) >= 11 is 5.43. The fourth-order valence-electron chi connectivity index (χ4n) is 3.13. The summed E-state index contributed by atoms with van der Waals surface area (Å²) in [6.07, 6.45) is 2.47. The van der Waals surface area contributed by atoms with Crippen LogP contribution in [-0.2, 0) is 14.3 Å². The first-order valence-electron chi connectivity index (χ1n) is 11.1. The number of nitrogens with zero attached hydrogens (tertiary/aromatic N) is 1. The van der Waals surface area contributed by atoms with E-state index in [0.717, 1.165) is 19.3 Å². The average molecular weight is 464 g/mol. The van der Waals surface area contributed by atoms with Crippen molar-refractivity contribution in [1.82, 2.24) is 15.5 Å². The minimum Gasteiger partial charge on any atom is -0.493 e. The van der Waals surface area contributed by atoms with Crippen molar-refractivity contribution in [1.29, 1.82) is 0 Å². The van der Waals surface area contributed by atoms with Crippen molar-refractivity contribution in [2.24, 2.45) is 5.92 Å². The lowest BCUT2D eigenvalue weighted by Crippen LogP contribution is -2.60. The molecule has 0 aromatic heterocycles. The Bertz CT molecular complexity index is 815. The summed E-state index contributed by atoms with van der Waals surface area (Å²) in [5, 5.41) is 5.51. The molecule has 1 unspecified atom stereocenters. The van der Waals surface area contributed by atoms with E-state index in [9.17, 15) is 14.4 Å². The zero-order chi connectivity index (χ0) is 23.5. The van der Waals surface area contributed by atoms with Crippen LogP contribution >= 0.6 is 12.2 Å². The van der Waals surface area contributed by atoms with Gasteiger partial charge in [-0.25, -0.2) is 0 Å². The highest BCUT2D eigenvalue weighted by Gasteiger charge is 2.34. The Morgan fingerprint density at radius 1 is 1.28 bits per heavy atom. The summed E-state index contributed by atoms with van der Waals surface area (Å²) in [6.45, 7) is 7.70. The molecule has 176 valence electrons. The van der Waals surface area contributed by atoms with Gasteiger partial charge in [-0.05, 0) is 43.1 Å². The Balaban J connectivity index is 2.02. The predicted molar refractivity (Wildman–Crippen MR) is 125 cm³/mol. The topological polar surface area (TPSA) is 97.0 Å². The molecule has 0 bridgehead atoms. The van der Waals surface area contributed by atoms with Gasteiger partial charge >= 0.3 is 5.97 Å². The molecule has 1 atom stereocenters. The lowest BCUT2D eigenvalue weighted by atomic mass is 10.1. The van der Waals surface area contributed by atoms with E-state index in [1.807, 2.05) is 13.8 Å². The Morgan fingerprint density at radius 2 is 2.03 bits per heavy atom. The third-order valence-electron chi connectivity index (χ3n) is 5.02. The van der Waals surface area contributed by atoms with E-state index in [2.05, 4.69) is 17.6 Å². The maximum absolute atomic E-state index is 12.9. The number of nitrogens with one attached hydrogen (secondary N) is 2. The smallest absolute Gasteiger partial charge is 0.308 e. The van der Waals surface area contributed by atoms with Gasteiger partial charge in [-0.1, -0.05) is 39.3 Å². The number of hydrogen-bond donors (Lipinski definition) is 2. The van der Waals surface area contributed by atoms with E-state index in [-0.39, 0.29) is 17.4 Å². The molecule has 1 saturated heterocycles. The van der Waals surface area contributed by atoms with Gasteiger partial charge in [0, 0.05) is 13.1 Å². The zero-order valence-electron chi connectivity index (χ0n) is 19.0. The minimum absolute atomic E-state index is 0.0909. The largest absolute Gasteiger partial charge is 0.493 e. The van der Waals surface area contributed by atoms with Crippen LogP contribution in [0.25, 0.3) is 0 Å². The first kappa shape index (κ1) is 25.6. The van der Waals surface area contributed by atoms with Crippen LogP contribution in [0.1, 0.15) is 56.8 Å². The van der Waals surface area contributed by atoms with Gasteiger partial charge in [-0.15, -0.1) is 0 Å². The maximum Gasteiger partial charge on any atom is 0.308 e. The van der Waals surface area contributed by atoms with Gasteiger partial charge in [0.2, 0.25) is 5.91 Å². The molecule has 1 fully saturated rings. The lowest BCUT2D eigenvalue weighted by Gasteiger charge is -2.36. The van der Waals surface area contributed by atoms with Gasteiger partial charge < -0.3 is 19.7 Å². The number of hydrogen-bond acceptors (Lipinski definition) is 6. The number of amides is 2. The average Bonchev–Trinajstić information content (AvgIpc) is 2.75. The summed E-state index contributed by atoms with van der Waals surface area (Å²) in [7, 11) is 0. The molecular formula is C23H33N3O5S. The molecule has 8 nitrogen and oxygen atoms in total. The molecule has 0 aliphatic carbocycles. The fourth-order valence-corrected chi connectivity index (χ4v) is 3.44. The predicted octanol–water partition coefficient (Wildman–Crippen LogP) is 2.66. The number of unbranched alkanes of at least 4 members (excludes halogenated alkanes) is 1. The second-order valence-corrected chi connectivity index (χ2v) is 8.45. The van der Waals surface area contributed by atoms with Crippen LogP contribution in [0.2, 0.25) is 0 Å². The SMILES string of the molecule is CCCCOc1ccccc1C(=O)NC(=S)N1CCNC(=O)C1CC(=O)OCCC(C)C. The van der Waals surface area contributed by atoms with Crippen molar-refractivity contribution in [3.8, 4) is 5.75 Å². The number of esters is 1. The van der Waals surface area contributed by atoms with E-state index >= 15 is 0 Å². The zero-order valence-corrected chi connectivity index (χ0v) is 19.8. The summed E-state index contributed by atoms with van der Waals surface area (Å²) in [5.41, 5.74) is 0.358. The Morgan fingerprint density at radius 3 is 2.75 bits per heavy atom. The highest BCUT2D eigenvalue weighted by Crippen LogP contribution is 2.19. The normalized spacial score (nSPS) is 15.8. The molecule has 9 heteroatoms. The van der Waals surface area contributed by atoms with Crippen LogP contribution in [0.4, 0.5) is 0 Å². The van der Waals surface area contributed by atoms with Gasteiger partial charge in [-0.3, -0.25) is 19.7 Å². The molecule has 1 heterocycles. The number of carbonyl (C=O) groups is 3. The molecule has 0 radical (unpaired) electrons. The van der Waals surface area contributed by atoms with Crippen molar-refractivity contribution in [2.45, 2.75) is 52.5 Å². The standard InChI is InChI=1S/C23H33N3O5S/c1-4-5-13-30-19-9-7-6-8-17(19)21(28)25-23(32)26-12-11-24-22(29)18(26)15-20(27)31-14-10-16(2)3/h6-9,16,18H,4-5,10-15H2,1-3H3,(H,24,29)(H,25,28,32). The first-order chi connectivity index (χ1) is 15.3. The van der Waals surface area contributed by atoms with Crippen molar-refractivity contribution < 1.29 is 23.9 Å². The van der Waals surface area contributed by atoms with Crippen molar-refractivity contribution in [3.05, 3.63) is 29.8 Å². The number of ether oxygens (including phenoxy) is 2. The van der Waals surface area contributed by atoms with E-state index < -0.39 is 17.9 Å². The molecule has 1 aromatic rings. The van der Waals surface area contributed by atoms with Crippen molar-refractivity contribution in [3.63, 3.8) is 0 Å². The first-order valence-corrected chi connectivity index (χ1v) is 11.5. The molecular weight excluding hydrogens is 430 g/mol. The molecule has 0 saturated carbocycles. The number of thiocarbonyl (C=S) groups is 1. The second-order valence-electron chi connectivity index (χ2n) is 8.06. The highest BCUT2D eigenvalue weighted by molar-refractivity contribution is 7.80. The summed E-state index contributed by atoms with van der Waals surface area (Å²) < 4.78 is 11.0. The van der Waals surface area contributed by atoms with Crippen molar-refractivity contribution in [2.75, 3.05) is 26.3 Å². The molecule has 2 rings (SSSR count). The molecule has 1 aliphatic rings. The summed E-state index contributed by atoms with van der Waals surface area (Å²) in [4.78, 5) is 39.1. The molecule has 2 amide bonds. The van der Waals surface area contributed by atoms with Gasteiger partial charge in [0.1, 0.15) is 11.8 Å². The van der Waals surface area contributed by atoms with E-state index in [1.165, 1.54) is 0 Å². The number of piperazine rings is 1. The summed E-state index contributed by atoms with van der Waals surface area (Å²) in [6, 6.07) is 6.10. The maximum atomic E-state index is 12.9. The van der Waals surface area contributed by atoms with Gasteiger partial charge in [0.25, 0.3) is 5.91 Å². The highest BCUT2D eigenvalue weighted by atomic mass is 32.1. The van der Waals surface area contributed by atoms with Crippen LogP contribution in [0, 0.1) is 5.92 Å². The molecule has 0 spiro atoms. The van der Waals surface area contributed by atoms with E-state index in [1.54, 1.807) is 29.2 Å². The third-order valence-corrected chi connectivity index (χ3v) is 5.35. The van der Waals surface area contributed by atoms with Gasteiger partial charge in [0.15, 0.2) is 5.11 Å². The van der Waals surface area contributed by atoms with Crippen LogP contribution in [0.5, 0.6) is 5.75 Å². The molecule has 1 aromatic carbocycles. The molecule has 2 N–H and O–H groups in total. The van der Waals surface area contributed by atoms with E-state index in [4.69, 9.17) is 21.7 Å². The number of benzene rings is 1. The monoisotopic (exact) mass is 463 g/mol. The van der Waals surface area contributed by atoms with Gasteiger partial charge in [-0.2, -0.15) is 0 Å². The summed E-state index contributed by atoms with van der Waals surface area (Å²) in [5.74, 6) is -0.332. The van der Waals surface area contributed by atoms with Crippen LogP contribution in [0.15, 0.2) is 24.3 Å². The number of rotatable bonds is 10. The molecule has 32 heavy (non-hydrogen) atoms. The Kier molecular flexibility index (Phi) is 10.4. The second kappa shape index (κ2) is 13.0. The Hall–Kier alpha value is -2.68. The molecule has 1 aliphatic heterocycles. The van der Waals surface area contributed by atoms with Gasteiger partial charge in [0.05, 0.1) is 25.2 Å². The van der Waals surface area contributed by atoms with Crippen LogP contribution in [-0.4, -0.2) is 60.1 Å². The minimum atomic E-state index is -0.834. The lowest BCUT2D eigenvalue weighted by molar-refractivity contribution is -0.147. The quantitative estimate of drug-likeness (QED) is 0.313. The van der Waals surface area contributed by atoms with E-state index in [0.29, 0.717) is 43.5 Å². The fraction of sp³-hybridized carbons (Fsp3) is 0.565.